The molecule has 146 valence electrons. The number of carbonyl (C=O) groups is 1. The van der Waals surface area contributed by atoms with Crippen LogP contribution in [-0.4, -0.2) is 23.9 Å². The van der Waals surface area contributed by atoms with E-state index in [1.165, 1.54) is 12.1 Å². The summed E-state index contributed by atoms with van der Waals surface area (Å²) in [4.78, 5) is 16.1. The van der Waals surface area contributed by atoms with Crippen LogP contribution in [0.2, 0.25) is 0 Å². The van der Waals surface area contributed by atoms with E-state index in [9.17, 15) is 9.18 Å². The molecule has 3 aromatic rings. The van der Waals surface area contributed by atoms with E-state index in [2.05, 4.69) is 0 Å². The average Bonchev–Trinajstić information content (AvgIpc) is 3.23. The number of para-hydroxylation sites is 1. The molecule has 4 nitrogen and oxygen atoms in total. The first-order valence-corrected chi connectivity index (χ1v) is 10.0. The van der Waals surface area contributed by atoms with E-state index in [1.54, 1.807) is 40.5 Å². The Morgan fingerprint density at radius 2 is 1.86 bits per heavy atom. The van der Waals surface area contributed by atoms with Crippen LogP contribution in [0.3, 0.4) is 0 Å². The fourth-order valence-electron chi connectivity index (χ4n) is 2.81. The smallest absolute Gasteiger partial charge is 0.257 e. The molecule has 1 amide bonds. The SMILES string of the molecule is NCCCN(Cc1cccs1)C(=O)c1ccccc1OCc1ccc(F)cc1. The van der Waals surface area contributed by atoms with Gasteiger partial charge in [0.15, 0.2) is 0 Å². The summed E-state index contributed by atoms with van der Waals surface area (Å²) in [6.07, 6.45) is 0.732. The summed E-state index contributed by atoms with van der Waals surface area (Å²) in [5.41, 5.74) is 7.00. The van der Waals surface area contributed by atoms with Crippen LogP contribution in [0.25, 0.3) is 0 Å². The predicted octanol–water partition coefficient (Wildman–Crippen LogP) is 4.46. The van der Waals surface area contributed by atoms with Crippen LogP contribution in [-0.2, 0) is 13.2 Å². The molecule has 0 aliphatic rings. The largest absolute Gasteiger partial charge is 0.488 e. The maximum absolute atomic E-state index is 13.2. The Bertz CT molecular complexity index is 882. The summed E-state index contributed by atoms with van der Waals surface area (Å²) >= 11 is 1.62. The summed E-state index contributed by atoms with van der Waals surface area (Å²) in [7, 11) is 0. The van der Waals surface area contributed by atoms with E-state index in [0.29, 0.717) is 30.9 Å². The summed E-state index contributed by atoms with van der Waals surface area (Å²) < 4.78 is 18.9. The molecular weight excluding hydrogens is 375 g/mol. The monoisotopic (exact) mass is 398 g/mol. The van der Waals surface area contributed by atoms with Gasteiger partial charge in [0.2, 0.25) is 0 Å². The number of nitrogens with zero attached hydrogens (tertiary/aromatic N) is 1. The molecule has 0 saturated carbocycles. The van der Waals surface area contributed by atoms with Crippen LogP contribution in [0.4, 0.5) is 4.39 Å². The lowest BCUT2D eigenvalue weighted by Gasteiger charge is -2.23. The fraction of sp³-hybridized carbons (Fsp3) is 0.227. The van der Waals surface area contributed by atoms with Gasteiger partial charge in [-0.1, -0.05) is 30.3 Å². The molecular formula is C22H23FN2O2S. The predicted molar refractivity (Wildman–Crippen MR) is 110 cm³/mol. The van der Waals surface area contributed by atoms with Gasteiger partial charge in [0, 0.05) is 11.4 Å². The normalized spacial score (nSPS) is 10.6. The lowest BCUT2D eigenvalue weighted by molar-refractivity contribution is 0.0739. The van der Waals surface area contributed by atoms with Gasteiger partial charge in [0.25, 0.3) is 5.91 Å². The Hall–Kier alpha value is -2.70. The van der Waals surface area contributed by atoms with Crippen molar-refractivity contribution in [3.8, 4) is 5.75 Å². The molecule has 0 spiro atoms. The molecule has 0 bridgehead atoms. The molecule has 0 aliphatic heterocycles. The second-order valence-corrected chi connectivity index (χ2v) is 7.39. The van der Waals surface area contributed by atoms with Crippen LogP contribution in [0, 0.1) is 5.82 Å². The highest BCUT2D eigenvalue weighted by molar-refractivity contribution is 7.09. The Morgan fingerprint density at radius 1 is 1.07 bits per heavy atom. The molecule has 0 radical (unpaired) electrons. The van der Waals surface area contributed by atoms with Crippen molar-refractivity contribution in [2.45, 2.75) is 19.6 Å². The molecule has 0 aliphatic carbocycles. The third kappa shape index (κ3) is 5.41. The van der Waals surface area contributed by atoms with Crippen molar-refractivity contribution >= 4 is 17.2 Å². The third-order valence-corrected chi connectivity index (χ3v) is 5.13. The number of amides is 1. The summed E-state index contributed by atoms with van der Waals surface area (Å²) in [6.45, 7) is 1.91. The van der Waals surface area contributed by atoms with Crippen LogP contribution in [0.5, 0.6) is 5.75 Å². The first kappa shape index (κ1) is 20.0. The van der Waals surface area contributed by atoms with Gasteiger partial charge in [-0.05, 0) is 54.2 Å². The van der Waals surface area contributed by atoms with Crippen LogP contribution < -0.4 is 10.5 Å². The number of rotatable bonds is 9. The van der Waals surface area contributed by atoms with Crippen molar-refractivity contribution in [1.29, 1.82) is 0 Å². The van der Waals surface area contributed by atoms with Gasteiger partial charge in [-0.15, -0.1) is 11.3 Å². The molecule has 3 rings (SSSR count). The quantitative estimate of drug-likeness (QED) is 0.579. The maximum Gasteiger partial charge on any atom is 0.257 e. The minimum absolute atomic E-state index is 0.0865. The highest BCUT2D eigenvalue weighted by Crippen LogP contribution is 2.23. The molecule has 2 aromatic carbocycles. The molecule has 0 saturated heterocycles. The number of halogens is 1. The van der Waals surface area contributed by atoms with Crippen molar-refractivity contribution < 1.29 is 13.9 Å². The molecule has 2 N–H and O–H groups in total. The van der Waals surface area contributed by atoms with Gasteiger partial charge >= 0.3 is 0 Å². The van der Waals surface area contributed by atoms with Gasteiger partial charge in [-0.25, -0.2) is 4.39 Å². The Kier molecular flexibility index (Phi) is 7.17. The van der Waals surface area contributed by atoms with E-state index >= 15 is 0 Å². The number of benzene rings is 2. The lowest BCUT2D eigenvalue weighted by Crippen LogP contribution is -2.32. The number of carbonyl (C=O) groups excluding carboxylic acids is 1. The lowest BCUT2D eigenvalue weighted by atomic mass is 10.1. The maximum atomic E-state index is 13.2. The molecule has 1 aromatic heterocycles. The van der Waals surface area contributed by atoms with Crippen molar-refractivity contribution in [3.63, 3.8) is 0 Å². The molecule has 0 unspecified atom stereocenters. The minimum atomic E-state index is -0.288. The van der Waals surface area contributed by atoms with Gasteiger partial charge in [0.05, 0.1) is 12.1 Å². The Labute approximate surface area is 168 Å². The zero-order valence-electron chi connectivity index (χ0n) is 15.5. The van der Waals surface area contributed by atoms with Crippen LogP contribution >= 0.6 is 11.3 Å². The summed E-state index contributed by atoms with van der Waals surface area (Å²) in [5.74, 6) is 0.140. The summed E-state index contributed by atoms with van der Waals surface area (Å²) in [6, 6.07) is 17.3. The molecule has 28 heavy (non-hydrogen) atoms. The standard InChI is InChI=1S/C22H23FN2O2S/c23-18-10-8-17(9-11-18)16-27-21-7-2-1-6-20(21)22(26)25(13-4-12-24)15-19-5-3-14-28-19/h1-3,5-11,14H,4,12-13,15-16,24H2. The fourth-order valence-corrected chi connectivity index (χ4v) is 3.53. The number of ether oxygens (including phenoxy) is 1. The minimum Gasteiger partial charge on any atom is -0.488 e. The molecule has 6 heteroatoms. The van der Waals surface area contributed by atoms with Gasteiger partial charge in [-0.3, -0.25) is 4.79 Å². The molecule has 0 fully saturated rings. The Morgan fingerprint density at radius 3 is 2.57 bits per heavy atom. The summed E-state index contributed by atoms with van der Waals surface area (Å²) in [5, 5.41) is 2.00. The highest BCUT2D eigenvalue weighted by atomic mass is 32.1. The number of hydrogen-bond donors (Lipinski definition) is 1. The number of nitrogens with two attached hydrogens (primary N) is 1. The second-order valence-electron chi connectivity index (χ2n) is 6.36. The van der Waals surface area contributed by atoms with Gasteiger partial charge < -0.3 is 15.4 Å². The van der Waals surface area contributed by atoms with E-state index in [0.717, 1.165) is 16.9 Å². The zero-order valence-corrected chi connectivity index (χ0v) is 16.3. The van der Waals surface area contributed by atoms with E-state index in [1.807, 2.05) is 29.6 Å². The average molecular weight is 399 g/mol. The van der Waals surface area contributed by atoms with E-state index in [-0.39, 0.29) is 18.3 Å². The number of thiophene rings is 1. The second kappa shape index (κ2) is 10.0. The number of hydrogen-bond acceptors (Lipinski definition) is 4. The first-order valence-electron chi connectivity index (χ1n) is 9.15. The molecule has 0 atom stereocenters. The van der Waals surface area contributed by atoms with Crippen molar-refractivity contribution in [2.75, 3.05) is 13.1 Å². The van der Waals surface area contributed by atoms with Crippen LogP contribution in [0.15, 0.2) is 66.0 Å². The van der Waals surface area contributed by atoms with E-state index < -0.39 is 0 Å². The van der Waals surface area contributed by atoms with Gasteiger partial charge in [0.1, 0.15) is 18.2 Å². The highest BCUT2D eigenvalue weighted by Gasteiger charge is 2.20. The first-order chi connectivity index (χ1) is 13.7. The van der Waals surface area contributed by atoms with Gasteiger partial charge in [-0.2, -0.15) is 0 Å². The van der Waals surface area contributed by atoms with Crippen molar-refractivity contribution in [2.24, 2.45) is 5.73 Å². The zero-order chi connectivity index (χ0) is 19.8. The van der Waals surface area contributed by atoms with Crippen molar-refractivity contribution in [1.82, 2.24) is 4.90 Å². The third-order valence-electron chi connectivity index (χ3n) is 4.27. The van der Waals surface area contributed by atoms with E-state index in [4.69, 9.17) is 10.5 Å². The van der Waals surface area contributed by atoms with Crippen LogP contribution in [0.1, 0.15) is 27.2 Å². The Balaban J connectivity index is 1.76. The van der Waals surface area contributed by atoms with Crippen molar-refractivity contribution in [3.05, 3.63) is 87.9 Å². The molecule has 1 heterocycles. The topological polar surface area (TPSA) is 55.6 Å².